The quantitative estimate of drug-likeness (QED) is 0.603. The van der Waals surface area contributed by atoms with Gasteiger partial charge in [-0.05, 0) is 56.0 Å². The molecule has 3 aliphatic rings. The number of aromatic nitrogens is 1. The number of nitrogens with zero attached hydrogens (tertiary/aromatic N) is 3. The van der Waals surface area contributed by atoms with E-state index in [9.17, 15) is 22.8 Å². The third-order valence-electron chi connectivity index (χ3n) is 6.47. The number of benzene rings is 1. The molecule has 1 saturated heterocycles. The molecule has 1 aromatic heterocycles. The van der Waals surface area contributed by atoms with Gasteiger partial charge < -0.3 is 10.2 Å². The summed E-state index contributed by atoms with van der Waals surface area (Å²) in [5.41, 5.74) is 0.277. The van der Waals surface area contributed by atoms with Gasteiger partial charge in [0.05, 0.1) is 5.69 Å². The molecule has 6 nitrogen and oxygen atoms in total. The highest BCUT2D eigenvalue weighted by Gasteiger charge is 2.47. The molecule has 2 fully saturated rings. The molecule has 1 amide bonds. The maximum Gasteiger partial charge on any atom is 0.433 e. The van der Waals surface area contributed by atoms with Gasteiger partial charge in [0.15, 0.2) is 6.29 Å². The second-order valence-electron chi connectivity index (χ2n) is 8.66. The van der Waals surface area contributed by atoms with Crippen molar-refractivity contribution in [3.63, 3.8) is 0 Å². The predicted octanol–water partition coefficient (Wildman–Crippen LogP) is 4.47. The number of hydrogen-bond donors (Lipinski definition) is 1. The van der Waals surface area contributed by atoms with Crippen LogP contribution in [0.1, 0.15) is 58.9 Å². The number of hydrogen-bond acceptors (Lipinski definition) is 5. The van der Waals surface area contributed by atoms with Crippen LogP contribution in [0.3, 0.4) is 0 Å². The van der Waals surface area contributed by atoms with Crippen LogP contribution in [0.15, 0.2) is 39.8 Å². The summed E-state index contributed by atoms with van der Waals surface area (Å²) < 4.78 is 40.4. The third kappa shape index (κ3) is 4.05. The van der Waals surface area contributed by atoms with Crippen molar-refractivity contribution < 1.29 is 22.8 Å². The average Bonchev–Trinajstić information content (AvgIpc) is 3.59. The number of piperidine rings is 1. The van der Waals surface area contributed by atoms with Gasteiger partial charge in [0.2, 0.25) is 0 Å². The largest absolute Gasteiger partial charge is 0.433 e. The van der Waals surface area contributed by atoms with Gasteiger partial charge in [0.25, 0.3) is 5.91 Å². The molecule has 33 heavy (non-hydrogen) atoms. The highest BCUT2D eigenvalue weighted by Crippen LogP contribution is 2.43. The lowest BCUT2D eigenvalue weighted by Crippen LogP contribution is -2.49. The van der Waals surface area contributed by atoms with Gasteiger partial charge in [-0.2, -0.15) is 13.2 Å². The number of carbonyl (C=O) groups excluding carboxylic acids is 2. The number of nitrogens with one attached hydrogen (secondary N) is 1. The number of aldehydes is 1. The van der Waals surface area contributed by atoms with Crippen LogP contribution in [0.25, 0.3) is 0 Å². The number of rotatable bonds is 4. The number of carbonyl (C=O) groups is 2. The Labute approximate surface area is 196 Å². The molecule has 0 unspecified atom stereocenters. The molecule has 1 aliphatic carbocycles. The van der Waals surface area contributed by atoms with Crippen molar-refractivity contribution in [1.82, 2.24) is 10.3 Å². The van der Waals surface area contributed by atoms with Crippen LogP contribution in [0, 0.1) is 0 Å². The smallest absolute Gasteiger partial charge is 0.371 e. The summed E-state index contributed by atoms with van der Waals surface area (Å²) in [7, 11) is 0. The van der Waals surface area contributed by atoms with Gasteiger partial charge in [-0.1, -0.05) is 15.9 Å². The summed E-state index contributed by atoms with van der Waals surface area (Å²) in [6.07, 6.45) is -1.31. The molecule has 1 aromatic carbocycles. The minimum absolute atomic E-state index is 0.0430. The van der Waals surface area contributed by atoms with Crippen LogP contribution in [-0.4, -0.2) is 41.6 Å². The Hall–Kier alpha value is -2.75. The topological polar surface area (TPSA) is 74.7 Å². The molecule has 2 aromatic rings. The van der Waals surface area contributed by atoms with Crippen LogP contribution in [-0.2, 0) is 11.0 Å². The van der Waals surface area contributed by atoms with E-state index >= 15 is 0 Å². The van der Waals surface area contributed by atoms with E-state index in [1.54, 1.807) is 12.1 Å². The molecular formula is C23H20BrF3N4O2. The first-order chi connectivity index (χ1) is 15.7. The van der Waals surface area contributed by atoms with Crippen LogP contribution >= 0.6 is 15.9 Å². The summed E-state index contributed by atoms with van der Waals surface area (Å²) in [4.78, 5) is 35.1. The zero-order valence-electron chi connectivity index (χ0n) is 17.5. The highest BCUT2D eigenvalue weighted by molar-refractivity contribution is 9.10. The first-order valence-electron chi connectivity index (χ1n) is 10.7. The Kier molecular flexibility index (Phi) is 5.30. The summed E-state index contributed by atoms with van der Waals surface area (Å²) in [5, 5.41) is 2.81. The fourth-order valence-electron chi connectivity index (χ4n) is 4.49. The summed E-state index contributed by atoms with van der Waals surface area (Å²) in [6, 6.07) is 7.73. The number of halogens is 4. The van der Waals surface area contributed by atoms with E-state index < -0.39 is 17.4 Å². The maximum atomic E-state index is 13.2. The summed E-state index contributed by atoms with van der Waals surface area (Å²) in [5.74, 6) is 0.00912. The molecule has 5 rings (SSSR count). The second kappa shape index (κ2) is 7.93. The molecule has 1 spiro atoms. The molecule has 172 valence electrons. The molecule has 1 N–H and O–H groups in total. The number of aliphatic imine (C=N–C) groups is 1. The first kappa shape index (κ1) is 22.1. The minimum Gasteiger partial charge on any atom is -0.371 e. The van der Waals surface area contributed by atoms with Gasteiger partial charge >= 0.3 is 6.18 Å². The summed E-state index contributed by atoms with van der Waals surface area (Å²) >= 11 is 3.43. The third-order valence-corrected chi connectivity index (χ3v) is 6.96. The number of alkyl halides is 3. The Bertz CT molecular complexity index is 1170. The van der Waals surface area contributed by atoms with Gasteiger partial charge in [-0.25, -0.2) is 4.98 Å². The van der Waals surface area contributed by atoms with Crippen LogP contribution in [0.5, 0.6) is 0 Å². The van der Waals surface area contributed by atoms with Crippen molar-refractivity contribution in [3.05, 3.63) is 57.3 Å². The lowest BCUT2D eigenvalue weighted by molar-refractivity contribution is -0.141. The molecule has 0 bridgehead atoms. The van der Waals surface area contributed by atoms with Gasteiger partial charge in [-0.3, -0.25) is 14.6 Å². The molecule has 3 heterocycles. The lowest BCUT2D eigenvalue weighted by atomic mass is 9.87. The highest BCUT2D eigenvalue weighted by atomic mass is 79.9. The van der Waals surface area contributed by atoms with Gasteiger partial charge in [0, 0.05) is 40.3 Å². The fourth-order valence-corrected chi connectivity index (χ4v) is 4.84. The zero-order chi connectivity index (χ0) is 23.4. The van der Waals surface area contributed by atoms with E-state index in [1.165, 1.54) is 6.07 Å². The number of anilines is 1. The van der Waals surface area contributed by atoms with Crippen molar-refractivity contribution in [2.24, 2.45) is 4.99 Å². The van der Waals surface area contributed by atoms with Crippen molar-refractivity contribution >= 4 is 39.6 Å². The number of amides is 1. The molecule has 2 aliphatic heterocycles. The van der Waals surface area contributed by atoms with Crippen LogP contribution in [0.4, 0.5) is 18.9 Å². The number of pyridine rings is 1. The zero-order valence-corrected chi connectivity index (χ0v) is 19.0. The normalized spacial score (nSPS) is 20.1. The minimum atomic E-state index is -4.52. The van der Waals surface area contributed by atoms with E-state index in [4.69, 9.17) is 4.99 Å². The molecule has 0 atom stereocenters. The molecule has 1 saturated carbocycles. The van der Waals surface area contributed by atoms with Crippen LogP contribution < -0.4 is 10.2 Å². The van der Waals surface area contributed by atoms with E-state index in [2.05, 4.69) is 31.1 Å². The Balaban J connectivity index is 1.42. The molecule has 10 heteroatoms. The first-order valence-corrected chi connectivity index (χ1v) is 11.5. The number of amidine groups is 1. The van der Waals surface area contributed by atoms with Crippen molar-refractivity contribution in [1.29, 1.82) is 0 Å². The van der Waals surface area contributed by atoms with E-state index in [1.807, 2.05) is 6.07 Å². The lowest BCUT2D eigenvalue weighted by Gasteiger charge is -2.37. The van der Waals surface area contributed by atoms with Crippen molar-refractivity contribution in [2.75, 3.05) is 18.0 Å². The van der Waals surface area contributed by atoms with E-state index in [-0.39, 0.29) is 11.8 Å². The summed E-state index contributed by atoms with van der Waals surface area (Å²) in [6.45, 7) is 1.03. The molecular weight excluding hydrogens is 501 g/mol. The monoisotopic (exact) mass is 520 g/mol. The Morgan fingerprint density at radius 1 is 1.15 bits per heavy atom. The maximum absolute atomic E-state index is 13.2. The SMILES string of the molecule is O=Cc1ccc(Br)cc1N1CCC2(CC1)N=C(c1ccc(C(F)(F)F)nc1C1CC1)NC2=O. The van der Waals surface area contributed by atoms with Crippen LogP contribution in [0.2, 0.25) is 0 Å². The van der Waals surface area contributed by atoms with Gasteiger partial charge in [-0.15, -0.1) is 0 Å². The Morgan fingerprint density at radius 2 is 1.88 bits per heavy atom. The van der Waals surface area contributed by atoms with Crippen molar-refractivity contribution in [2.45, 2.75) is 43.3 Å². The predicted molar refractivity (Wildman–Crippen MR) is 120 cm³/mol. The van der Waals surface area contributed by atoms with Gasteiger partial charge in [0.1, 0.15) is 17.1 Å². The standard InChI is InChI=1S/C23H20BrF3N4O2/c24-15-4-3-14(12-32)17(11-15)31-9-7-22(8-10-31)21(33)29-20(30-22)16-5-6-18(23(25,26)27)28-19(16)13-1-2-13/h3-6,11-13H,1-2,7-10H2,(H,29,30,33). The molecule has 0 radical (unpaired) electrons. The van der Waals surface area contributed by atoms with E-state index in [0.717, 1.165) is 35.4 Å². The average molecular weight is 521 g/mol. The Morgan fingerprint density at radius 3 is 2.52 bits per heavy atom. The van der Waals surface area contributed by atoms with Crippen molar-refractivity contribution in [3.8, 4) is 0 Å². The fraction of sp³-hybridized carbons (Fsp3) is 0.391. The second-order valence-corrected chi connectivity index (χ2v) is 9.57. The van der Waals surface area contributed by atoms with E-state index in [0.29, 0.717) is 48.6 Å².